The van der Waals surface area contributed by atoms with Crippen molar-refractivity contribution in [2.45, 2.75) is 113 Å². The van der Waals surface area contributed by atoms with Crippen LogP contribution in [0, 0.1) is 18.7 Å². The third-order valence-electron chi connectivity index (χ3n) is 7.85. The van der Waals surface area contributed by atoms with E-state index in [1.807, 2.05) is 41.5 Å². The van der Waals surface area contributed by atoms with Crippen molar-refractivity contribution in [2.75, 3.05) is 6.61 Å². The molecule has 6 heteroatoms. The monoisotopic (exact) mass is 553 g/mol. The summed E-state index contributed by atoms with van der Waals surface area (Å²) in [5.74, 6) is -1.40. The average Bonchev–Trinajstić information content (AvgIpc) is 2.98. The number of carbonyl (C=O) groups excluding carboxylic acids is 2. The SMILES string of the molecule is CC.CCCC.CCc1c(/C(C)=C/C2=C(C(=O)C(C)CC)COC(=O)C2O)nc2cc(F)c(C)c3c2c1CCC3. The molecule has 2 atom stereocenters. The standard InChI is InChI=1S/C28H32FNO4.C4H10.C2H6/c1-6-14(3)26(31)21-13-34-28(33)27(32)20(21)11-15(4)25-17(7-2)19-10-8-9-18-16(5)22(29)12-23(30-25)24(18)19;1-3-4-2;1-2/h11-12,14,27,32H,6-10,13H2,1-5H3;3-4H2,1-2H3;1-2H3/b15-11+;;. The molecule has 0 spiro atoms. The van der Waals surface area contributed by atoms with Crippen LogP contribution in [0.3, 0.4) is 0 Å². The van der Waals surface area contributed by atoms with Crippen LogP contribution in [-0.2, 0) is 33.6 Å². The van der Waals surface area contributed by atoms with Gasteiger partial charge in [-0.1, -0.05) is 67.4 Å². The van der Waals surface area contributed by atoms with Gasteiger partial charge in [-0.05, 0) is 73.8 Å². The van der Waals surface area contributed by atoms with Gasteiger partial charge in [0.2, 0.25) is 0 Å². The lowest BCUT2D eigenvalue weighted by molar-refractivity contribution is -0.152. The van der Waals surface area contributed by atoms with E-state index in [9.17, 15) is 19.1 Å². The van der Waals surface area contributed by atoms with E-state index in [-0.39, 0.29) is 29.7 Å². The minimum atomic E-state index is -1.53. The van der Waals surface area contributed by atoms with Gasteiger partial charge in [0, 0.05) is 28.5 Å². The summed E-state index contributed by atoms with van der Waals surface area (Å²) in [4.78, 5) is 30.0. The van der Waals surface area contributed by atoms with Gasteiger partial charge in [-0.25, -0.2) is 14.2 Å². The second kappa shape index (κ2) is 15.2. The van der Waals surface area contributed by atoms with Crippen LogP contribution in [0.5, 0.6) is 0 Å². The Morgan fingerprint density at radius 3 is 2.38 bits per heavy atom. The second-order valence-corrected chi connectivity index (χ2v) is 10.4. The zero-order valence-corrected chi connectivity index (χ0v) is 26.0. The fourth-order valence-corrected chi connectivity index (χ4v) is 5.19. The number of aliphatic hydroxyl groups excluding tert-OH is 1. The second-order valence-electron chi connectivity index (χ2n) is 10.4. The van der Waals surface area contributed by atoms with Gasteiger partial charge in [0.1, 0.15) is 12.4 Å². The smallest absolute Gasteiger partial charge is 0.340 e. The van der Waals surface area contributed by atoms with Gasteiger partial charge in [0.25, 0.3) is 0 Å². The molecule has 1 N–H and O–H groups in total. The minimum Gasteiger partial charge on any atom is -0.458 e. The lowest BCUT2D eigenvalue weighted by Gasteiger charge is -2.25. The van der Waals surface area contributed by atoms with Crippen molar-refractivity contribution in [3.05, 3.63) is 57.1 Å². The summed E-state index contributed by atoms with van der Waals surface area (Å²) in [6.07, 6.45) is 6.89. The number of pyridine rings is 1. The molecule has 1 aliphatic heterocycles. The van der Waals surface area contributed by atoms with E-state index >= 15 is 0 Å². The highest BCUT2D eigenvalue weighted by atomic mass is 19.1. The first kappa shape index (κ1) is 33.3. The van der Waals surface area contributed by atoms with Gasteiger partial charge in [-0.15, -0.1) is 0 Å². The number of halogens is 1. The van der Waals surface area contributed by atoms with Gasteiger partial charge < -0.3 is 9.84 Å². The normalized spacial score (nSPS) is 17.4. The molecule has 5 nitrogen and oxygen atoms in total. The van der Waals surface area contributed by atoms with Gasteiger partial charge in [0.15, 0.2) is 11.9 Å². The number of esters is 1. The molecule has 2 heterocycles. The summed E-state index contributed by atoms with van der Waals surface area (Å²) in [7, 11) is 0. The molecule has 1 aromatic heterocycles. The van der Waals surface area contributed by atoms with Crippen LogP contribution < -0.4 is 0 Å². The van der Waals surface area contributed by atoms with Gasteiger partial charge in [-0.3, -0.25) is 4.79 Å². The van der Waals surface area contributed by atoms with Crippen molar-refractivity contribution < 1.29 is 23.8 Å². The van der Waals surface area contributed by atoms with Crippen molar-refractivity contribution in [2.24, 2.45) is 5.92 Å². The molecule has 0 saturated carbocycles. The van der Waals surface area contributed by atoms with Crippen LogP contribution in [0.15, 0.2) is 23.3 Å². The number of aryl methyl sites for hydroxylation is 2. The number of hydrogen-bond acceptors (Lipinski definition) is 5. The number of carbonyl (C=O) groups is 2. The van der Waals surface area contributed by atoms with Gasteiger partial charge in [0.05, 0.1) is 11.2 Å². The first-order chi connectivity index (χ1) is 19.1. The molecule has 0 amide bonds. The van der Waals surface area contributed by atoms with Crippen LogP contribution in [-0.4, -0.2) is 34.6 Å². The first-order valence-electron chi connectivity index (χ1n) is 15.0. The van der Waals surface area contributed by atoms with Crippen molar-refractivity contribution in [1.82, 2.24) is 4.98 Å². The molecule has 2 aromatic rings. The fourth-order valence-electron chi connectivity index (χ4n) is 5.19. The maximum absolute atomic E-state index is 14.7. The molecule has 0 fully saturated rings. The zero-order chi connectivity index (χ0) is 30.1. The van der Waals surface area contributed by atoms with Crippen LogP contribution in [0.25, 0.3) is 16.5 Å². The van der Waals surface area contributed by atoms with Crippen molar-refractivity contribution >= 4 is 28.2 Å². The number of aliphatic hydroxyl groups is 1. The minimum absolute atomic E-state index is 0.132. The van der Waals surface area contributed by atoms with Crippen LogP contribution >= 0.6 is 0 Å². The van der Waals surface area contributed by atoms with Crippen LogP contribution in [0.2, 0.25) is 0 Å². The van der Waals surface area contributed by atoms with E-state index in [0.717, 1.165) is 53.5 Å². The number of nitrogens with zero attached hydrogens (tertiary/aromatic N) is 1. The molecule has 1 aromatic carbocycles. The summed E-state index contributed by atoms with van der Waals surface area (Å²) in [5, 5.41) is 11.7. The Labute approximate surface area is 239 Å². The Hall–Kier alpha value is -2.86. The Kier molecular flexibility index (Phi) is 12.7. The summed E-state index contributed by atoms with van der Waals surface area (Å²) in [6.45, 7) is 17.7. The van der Waals surface area contributed by atoms with Crippen molar-refractivity contribution in [3.63, 3.8) is 0 Å². The summed E-state index contributed by atoms with van der Waals surface area (Å²) in [6, 6.07) is 1.50. The molecular formula is C34H48FNO4. The van der Waals surface area contributed by atoms with Gasteiger partial charge >= 0.3 is 5.97 Å². The van der Waals surface area contributed by atoms with Gasteiger partial charge in [-0.2, -0.15) is 0 Å². The summed E-state index contributed by atoms with van der Waals surface area (Å²) < 4.78 is 19.8. The predicted molar refractivity (Wildman–Crippen MR) is 162 cm³/mol. The Bertz CT molecular complexity index is 1290. The fraction of sp³-hybridized carbons (Fsp3) is 0.559. The number of benzene rings is 1. The maximum atomic E-state index is 14.7. The first-order valence-corrected chi connectivity index (χ1v) is 15.0. The Morgan fingerprint density at radius 2 is 1.80 bits per heavy atom. The molecule has 220 valence electrons. The number of ketones is 1. The Morgan fingerprint density at radius 1 is 1.18 bits per heavy atom. The number of unbranched alkanes of at least 4 members (excludes halogenated alkanes) is 1. The van der Waals surface area contributed by atoms with E-state index in [2.05, 4.69) is 20.8 Å². The highest BCUT2D eigenvalue weighted by Crippen LogP contribution is 2.38. The summed E-state index contributed by atoms with van der Waals surface area (Å²) in [5.41, 5.74) is 6.69. The number of rotatable bonds is 7. The quantitative estimate of drug-likeness (QED) is 0.354. The van der Waals surface area contributed by atoms with E-state index in [0.29, 0.717) is 23.1 Å². The van der Waals surface area contributed by atoms with E-state index in [1.165, 1.54) is 24.5 Å². The van der Waals surface area contributed by atoms with Crippen molar-refractivity contribution in [1.29, 1.82) is 0 Å². The van der Waals surface area contributed by atoms with E-state index < -0.39 is 12.1 Å². The van der Waals surface area contributed by atoms with Crippen molar-refractivity contribution in [3.8, 4) is 0 Å². The molecule has 4 rings (SSSR count). The van der Waals surface area contributed by atoms with E-state index in [1.54, 1.807) is 6.08 Å². The Balaban J connectivity index is 0.000000858. The van der Waals surface area contributed by atoms with E-state index in [4.69, 9.17) is 9.72 Å². The molecule has 1 aliphatic carbocycles. The molecule has 2 unspecified atom stereocenters. The molecule has 0 bridgehead atoms. The number of allylic oxidation sites excluding steroid dienone is 1. The maximum Gasteiger partial charge on any atom is 0.340 e. The highest BCUT2D eigenvalue weighted by molar-refractivity contribution is 6.01. The van der Waals surface area contributed by atoms with Crippen LogP contribution in [0.1, 0.15) is 109 Å². The summed E-state index contributed by atoms with van der Waals surface area (Å²) >= 11 is 0. The molecular weight excluding hydrogens is 505 g/mol. The number of ether oxygens (including phenoxy) is 1. The molecule has 0 radical (unpaired) electrons. The predicted octanol–water partition coefficient (Wildman–Crippen LogP) is 7.80. The number of Topliss-reactive ketones (excluding diaryl/α,β-unsaturated/α-hetero) is 1. The molecule has 40 heavy (non-hydrogen) atoms. The average molecular weight is 554 g/mol. The molecule has 2 aliphatic rings. The lowest BCUT2D eigenvalue weighted by atomic mass is 9.83. The van der Waals surface area contributed by atoms with Crippen LogP contribution in [0.4, 0.5) is 4.39 Å². The topological polar surface area (TPSA) is 76.5 Å². The molecule has 0 saturated heterocycles. The third kappa shape index (κ3) is 6.88. The number of cyclic esters (lactones) is 1. The largest absolute Gasteiger partial charge is 0.458 e. The number of aromatic nitrogens is 1. The zero-order valence-electron chi connectivity index (χ0n) is 26.0. The highest BCUT2D eigenvalue weighted by Gasteiger charge is 2.33. The number of hydrogen-bond donors (Lipinski definition) is 1. The lowest BCUT2D eigenvalue weighted by Crippen LogP contribution is -2.35. The third-order valence-corrected chi connectivity index (χ3v) is 7.85.